The first kappa shape index (κ1) is 18.1. The fourth-order valence-electron chi connectivity index (χ4n) is 3.27. The Bertz CT molecular complexity index is 646. The minimum absolute atomic E-state index is 0.0237. The summed E-state index contributed by atoms with van der Waals surface area (Å²) in [6.45, 7) is 4.47. The minimum atomic E-state index is -0.0795. The normalized spacial score (nSPS) is 21.1. The molecule has 136 valence electrons. The molecule has 1 N–H and O–H groups in total. The number of nitrogens with one attached hydrogen (secondary N) is 1. The lowest BCUT2D eigenvalue weighted by atomic mass is 10.1. The molecule has 6 nitrogen and oxygen atoms in total. The van der Waals surface area contributed by atoms with E-state index in [1.165, 1.54) is 0 Å². The molecule has 7 heteroatoms. The van der Waals surface area contributed by atoms with Crippen molar-refractivity contribution in [1.29, 1.82) is 0 Å². The standard InChI is InChI=1S/C18H25N3O3S/c1-13-4-5-16(24-2)14(10-13)17(22)20-6-3-7-21(9-8-20)18(23)15-11-25-12-19-15/h4-5,10,15,19H,3,6-9,11-12H2,1-2H3. The van der Waals surface area contributed by atoms with Crippen molar-refractivity contribution >= 4 is 23.6 Å². The molecule has 1 atom stereocenters. The van der Waals surface area contributed by atoms with E-state index in [9.17, 15) is 9.59 Å². The minimum Gasteiger partial charge on any atom is -0.496 e. The first-order valence-electron chi connectivity index (χ1n) is 8.64. The lowest BCUT2D eigenvalue weighted by molar-refractivity contribution is -0.132. The van der Waals surface area contributed by atoms with Gasteiger partial charge in [-0.1, -0.05) is 11.6 Å². The molecular weight excluding hydrogens is 338 g/mol. The molecule has 1 aromatic rings. The van der Waals surface area contributed by atoms with Crippen LogP contribution in [0, 0.1) is 6.92 Å². The molecule has 0 radical (unpaired) electrons. The van der Waals surface area contributed by atoms with Gasteiger partial charge in [-0.15, -0.1) is 11.8 Å². The Morgan fingerprint density at radius 3 is 2.68 bits per heavy atom. The predicted octanol–water partition coefficient (Wildman–Crippen LogP) is 1.34. The zero-order chi connectivity index (χ0) is 17.8. The molecule has 0 spiro atoms. The maximum absolute atomic E-state index is 12.9. The zero-order valence-electron chi connectivity index (χ0n) is 14.8. The van der Waals surface area contributed by atoms with E-state index < -0.39 is 0 Å². The van der Waals surface area contributed by atoms with Crippen LogP contribution < -0.4 is 10.1 Å². The number of carbonyl (C=O) groups is 2. The highest BCUT2D eigenvalue weighted by atomic mass is 32.2. The van der Waals surface area contributed by atoms with Crippen molar-refractivity contribution in [2.75, 3.05) is 44.9 Å². The Balaban J connectivity index is 1.67. The number of hydrogen-bond acceptors (Lipinski definition) is 5. The smallest absolute Gasteiger partial charge is 0.257 e. The number of hydrogen-bond donors (Lipinski definition) is 1. The van der Waals surface area contributed by atoms with Crippen LogP contribution in [0.5, 0.6) is 5.75 Å². The summed E-state index contributed by atoms with van der Waals surface area (Å²) >= 11 is 1.75. The third-order valence-electron chi connectivity index (χ3n) is 4.69. The summed E-state index contributed by atoms with van der Waals surface area (Å²) in [6, 6.07) is 5.56. The SMILES string of the molecule is COc1ccc(C)cc1C(=O)N1CCCN(C(=O)C2CSCN2)CC1. The molecule has 1 unspecified atom stereocenters. The van der Waals surface area contributed by atoms with Gasteiger partial charge >= 0.3 is 0 Å². The van der Waals surface area contributed by atoms with Crippen molar-refractivity contribution in [3.05, 3.63) is 29.3 Å². The van der Waals surface area contributed by atoms with Crippen LogP contribution in [0.2, 0.25) is 0 Å². The van der Waals surface area contributed by atoms with E-state index in [4.69, 9.17) is 4.74 Å². The van der Waals surface area contributed by atoms with Gasteiger partial charge in [-0.2, -0.15) is 0 Å². The Kier molecular flexibility index (Phi) is 5.86. The average molecular weight is 363 g/mol. The molecule has 2 amide bonds. The number of benzene rings is 1. The number of aryl methyl sites for hydroxylation is 1. The van der Waals surface area contributed by atoms with E-state index in [2.05, 4.69) is 5.32 Å². The van der Waals surface area contributed by atoms with Crippen molar-refractivity contribution in [2.45, 2.75) is 19.4 Å². The molecule has 0 bridgehead atoms. The van der Waals surface area contributed by atoms with Crippen LogP contribution >= 0.6 is 11.8 Å². The van der Waals surface area contributed by atoms with Gasteiger partial charge in [-0.25, -0.2) is 0 Å². The zero-order valence-corrected chi connectivity index (χ0v) is 15.6. The quantitative estimate of drug-likeness (QED) is 0.878. The van der Waals surface area contributed by atoms with Gasteiger partial charge in [0.2, 0.25) is 5.91 Å². The van der Waals surface area contributed by atoms with Gasteiger partial charge in [0.15, 0.2) is 0 Å². The van der Waals surface area contributed by atoms with Gasteiger partial charge in [0.25, 0.3) is 5.91 Å². The monoisotopic (exact) mass is 363 g/mol. The number of nitrogens with zero attached hydrogens (tertiary/aromatic N) is 2. The molecule has 2 saturated heterocycles. The van der Waals surface area contributed by atoms with Gasteiger partial charge in [-0.05, 0) is 25.5 Å². The van der Waals surface area contributed by atoms with Crippen molar-refractivity contribution in [1.82, 2.24) is 15.1 Å². The summed E-state index contributed by atoms with van der Waals surface area (Å²) in [5.41, 5.74) is 1.62. The van der Waals surface area contributed by atoms with Gasteiger partial charge in [0.1, 0.15) is 5.75 Å². The third-order valence-corrected chi connectivity index (χ3v) is 5.63. The van der Waals surface area contributed by atoms with E-state index in [-0.39, 0.29) is 17.9 Å². The number of amides is 2. The van der Waals surface area contributed by atoms with Crippen LogP contribution in [0.3, 0.4) is 0 Å². The second-order valence-corrected chi connectivity index (χ2v) is 7.48. The second kappa shape index (κ2) is 8.10. The fourth-order valence-corrected chi connectivity index (χ4v) is 4.21. The number of methoxy groups -OCH3 is 1. The fraction of sp³-hybridized carbons (Fsp3) is 0.556. The highest BCUT2D eigenvalue weighted by Crippen LogP contribution is 2.22. The predicted molar refractivity (Wildman–Crippen MR) is 99.1 cm³/mol. The first-order valence-corrected chi connectivity index (χ1v) is 9.79. The van der Waals surface area contributed by atoms with Gasteiger partial charge < -0.3 is 14.5 Å². The van der Waals surface area contributed by atoms with E-state index in [0.717, 1.165) is 23.6 Å². The third kappa shape index (κ3) is 4.10. The Hall–Kier alpha value is -1.73. The number of rotatable bonds is 3. The summed E-state index contributed by atoms with van der Waals surface area (Å²) in [5.74, 6) is 2.40. The Morgan fingerprint density at radius 2 is 1.96 bits per heavy atom. The molecule has 0 aromatic heterocycles. The van der Waals surface area contributed by atoms with Gasteiger partial charge in [0, 0.05) is 37.8 Å². The van der Waals surface area contributed by atoms with E-state index in [1.807, 2.05) is 34.9 Å². The highest BCUT2D eigenvalue weighted by molar-refractivity contribution is 7.99. The lowest BCUT2D eigenvalue weighted by Crippen LogP contribution is -2.46. The highest BCUT2D eigenvalue weighted by Gasteiger charge is 2.30. The molecule has 1 aromatic carbocycles. The summed E-state index contributed by atoms with van der Waals surface area (Å²) in [5, 5.41) is 3.23. The molecule has 0 saturated carbocycles. The molecule has 0 aliphatic carbocycles. The average Bonchev–Trinajstić information content (AvgIpc) is 3.05. The van der Waals surface area contributed by atoms with Crippen LogP contribution in [-0.2, 0) is 4.79 Å². The van der Waals surface area contributed by atoms with Crippen molar-refractivity contribution < 1.29 is 14.3 Å². The van der Waals surface area contributed by atoms with Crippen molar-refractivity contribution in [3.63, 3.8) is 0 Å². The summed E-state index contributed by atoms with van der Waals surface area (Å²) < 4.78 is 5.35. The van der Waals surface area contributed by atoms with E-state index >= 15 is 0 Å². The van der Waals surface area contributed by atoms with Crippen LogP contribution in [0.4, 0.5) is 0 Å². The van der Waals surface area contributed by atoms with Crippen molar-refractivity contribution in [3.8, 4) is 5.75 Å². The maximum Gasteiger partial charge on any atom is 0.257 e. The Labute approximate surface area is 152 Å². The summed E-state index contributed by atoms with van der Waals surface area (Å²) in [4.78, 5) is 29.2. The van der Waals surface area contributed by atoms with Gasteiger partial charge in [-0.3, -0.25) is 14.9 Å². The van der Waals surface area contributed by atoms with Crippen LogP contribution in [0.1, 0.15) is 22.3 Å². The number of carbonyl (C=O) groups excluding carboxylic acids is 2. The summed E-state index contributed by atoms with van der Waals surface area (Å²) in [6.07, 6.45) is 0.797. The molecule has 2 fully saturated rings. The van der Waals surface area contributed by atoms with Crippen LogP contribution in [0.15, 0.2) is 18.2 Å². The summed E-state index contributed by atoms with van der Waals surface area (Å²) in [7, 11) is 1.58. The van der Waals surface area contributed by atoms with Gasteiger partial charge in [0.05, 0.1) is 18.7 Å². The van der Waals surface area contributed by atoms with Crippen molar-refractivity contribution in [2.24, 2.45) is 0 Å². The topological polar surface area (TPSA) is 61.9 Å². The molecule has 25 heavy (non-hydrogen) atoms. The van der Waals surface area contributed by atoms with Crippen LogP contribution in [0.25, 0.3) is 0 Å². The van der Waals surface area contributed by atoms with Crippen LogP contribution in [-0.4, -0.2) is 72.6 Å². The Morgan fingerprint density at radius 1 is 1.20 bits per heavy atom. The molecular formula is C18H25N3O3S. The lowest BCUT2D eigenvalue weighted by Gasteiger charge is -2.24. The van der Waals surface area contributed by atoms with E-state index in [1.54, 1.807) is 18.9 Å². The molecule has 3 rings (SSSR count). The number of thioether (sulfide) groups is 1. The second-order valence-electron chi connectivity index (χ2n) is 6.45. The molecule has 2 heterocycles. The largest absolute Gasteiger partial charge is 0.496 e. The molecule has 2 aliphatic rings. The number of ether oxygens (including phenoxy) is 1. The van der Waals surface area contributed by atoms with E-state index in [0.29, 0.717) is 37.5 Å². The first-order chi connectivity index (χ1) is 12.1. The maximum atomic E-state index is 12.9. The molecule has 2 aliphatic heterocycles.